The van der Waals surface area contributed by atoms with Crippen LogP contribution in [0.5, 0.6) is 0 Å². The van der Waals surface area contributed by atoms with Crippen LogP contribution in [-0.2, 0) is 0 Å². The van der Waals surface area contributed by atoms with Crippen LogP contribution in [-0.4, -0.2) is 23.9 Å². The first-order valence-corrected chi connectivity index (χ1v) is 4.37. The Hall–Kier alpha value is 0.539. The second-order valence-corrected chi connectivity index (χ2v) is 3.83. The quantitative estimate of drug-likeness (QED) is 0.476. The minimum atomic E-state index is 0. The summed E-state index contributed by atoms with van der Waals surface area (Å²) >= 11 is 0. The van der Waals surface area contributed by atoms with Gasteiger partial charge in [-0.15, -0.1) is 0 Å². The summed E-state index contributed by atoms with van der Waals surface area (Å²) in [4.78, 5) is 0. The van der Waals surface area contributed by atoms with Gasteiger partial charge in [-0.3, -0.25) is 0 Å². The molecule has 0 aromatic rings. The molecule has 0 unspecified atom stereocenters. The van der Waals surface area contributed by atoms with Gasteiger partial charge in [-0.05, 0) is 37.5 Å². The molecule has 1 heteroatoms. The van der Waals surface area contributed by atoms with E-state index in [0.717, 1.165) is 11.8 Å². The number of allylic oxidation sites excluding steroid dienone is 1. The fraction of sp³-hybridized carbons (Fsp3) is 0.846. The first-order valence-electron chi connectivity index (χ1n) is 4.37. The Morgan fingerprint density at radius 2 is 1.43 bits per heavy atom. The van der Waals surface area contributed by atoms with Crippen LogP contribution < -0.4 is 0 Å². The van der Waals surface area contributed by atoms with Crippen LogP contribution in [0, 0.1) is 11.8 Å². The standard InChI is InChI=1S/C10H18.3CH4.Sn/c1-8(2)10-6-4-9(3)5-7-10;;;;/h8,10H,3-7H2,1-2H3;3*1H4;. The summed E-state index contributed by atoms with van der Waals surface area (Å²) in [6.45, 7) is 8.67. The fourth-order valence-corrected chi connectivity index (χ4v) is 1.72. The van der Waals surface area contributed by atoms with Crippen LogP contribution in [0.4, 0.5) is 0 Å². The van der Waals surface area contributed by atoms with Crippen LogP contribution in [0.15, 0.2) is 12.2 Å². The van der Waals surface area contributed by atoms with Crippen molar-refractivity contribution in [1.82, 2.24) is 0 Å². The molecule has 0 spiro atoms. The van der Waals surface area contributed by atoms with Gasteiger partial charge in [0.05, 0.1) is 0 Å². The molecule has 1 aliphatic rings. The first kappa shape index (κ1) is 24.0. The van der Waals surface area contributed by atoms with Crippen molar-refractivity contribution in [2.45, 2.75) is 61.8 Å². The normalized spacial score (nSPS) is 15.8. The maximum Gasteiger partial charge on any atom is 0 e. The number of rotatable bonds is 1. The van der Waals surface area contributed by atoms with E-state index in [1.807, 2.05) is 0 Å². The molecule has 0 N–H and O–H groups in total. The van der Waals surface area contributed by atoms with Gasteiger partial charge in [0.25, 0.3) is 0 Å². The zero-order chi connectivity index (χ0) is 7.56. The summed E-state index contributed by atoms with van der Waals surface area (Å²) in [5.74, 6) is 1.86. The zero-order valence-electron chi connectivity index (χ0n) is 7.69. The number of hydrogen-bond acceptors (Lipinski definition) is 0. The van der Waals surface area contributed by atoms with Crippen LogP contribution in [0.2, 0.25) is 0 Å². The SMILES string of the molecule is C.C.C.C=C1CCC(C(C)C)CC1.[Sn]. The van der Waals surface area contributed by atoms with Gasteiger partial charge in [0.15, 0.2) is 0 Å². The molecule has 0 bridgehead atoms. The van der Waals surface area contributed by atoms with E-state index in [0.29, 0.717) is 0 Å². The van der Waals surface area contributed by atoms with E-state index in [4.69, 9.17) is 0 Å². The van der Waals surface area contributed by atoms with Crippen LogP contribution in [0.3, 0.4) is 0 Å². The largest absolute Gasteiger partial charge is 0.0999 e. The molecule has 1 rings (SSSR count). The molecular formula is C13H30Sn. The molecule has 0 heterocycles. The Balaban J connectivity index is -0.000000125. The van der Waals surface area contributed by atoms with Crippen molar-refractivity contribution in [2.24, 2.45) is 11.8 Å². The van der Waals surface area contributed by atoms with Crippen LogP contribution in [0.1, 0.15) is 61.8 Å². The summed E-state index contributed by atoms with van der Waals surface area (Å²) in [6, 6.07) is 0. The van der Waals surface area contributed by atoms with Crippen molar-refractivity contribution in [2.75, 3.05) is 0 Å². The van der Waals surface area contributed by atoms with E-state index in [-0.39, 0.29) is 46.2 Å². The van der Waals surface area contributed by atoms with E-state index in [1.165, 1.54) is 31.3 Å². The molecule has 1 saturated carbocycles. The van der Waals surface area contributed by atoms with E-state index in [1.54, 1.807) is 0 Å². The van der Waals surface area contributed by atoms with E-state index >= 15 is 0 Å². The Morgan fingerprint density at radius 1 is 1.07 bits per heavy atom. The predicted molar refractivity (Wildman–Crippen MR) is 71.9 cm³/mol. The minimum absolute atomic E-state index is 0. The maximum atomic E-state index is 4.01. The molecule has 0 aromatic carbocycles. The molecule has 86 valence electrons. The minimum Gasteiger partial charge on any atom is -0.0999 e. The Bertz CT molecular complexity index is 117. The van der Waals surface area contributed by atoms with Gasteiger partial charge in [-0.2, -0.15) is 0 Å². The molecular weight excluding hydrogens is 275 g/mol. The maximum absolute atomic E-state index is 4.01. The van der Waals surface area contributed by atoms with Gasteiger partial charge >= 0.3 is 0 Å². The zero-order valence-corrected chi connectivity index (χ0v) is 10.5. The molecule has 0 aliphatic heterocycles. The first-order chi connectivity index (χ1) is 4.70. The molecule has 1 aliphatic carbocycles. The predicted octanol–water partition coefficient (Wildman–Crippen LogP) is 4.92. The van der Waals surface area contributed by atoms with Gasteiger partial charge in [0.2, 0.25) is 0 Å². The third kappa shape index (κ3) is 7.90. The van der Waals surface area contributed by atoms with E-state index < -0.39 is 0 Å². The average molecular weight is 305 g/mol. The third-order valence-electron chi connectivity index (χ3n) is 2.68. The smallest absolute Gasteiger partial charge is 0 e. The van der Waals surface area contributed by atoms with Crippen molar-refractivity contribution >= 4 is 23.9 Å². The number of hydrogen-bond donors (Lipinski definition) is 0. The molecule has 0 saturated heterocycles. The van der Waals surface area contributed by atoms with Crippen molar-refractivity contribution in [1.29, 1.82) is 0 Å². The molecule has 1 fully saturated rings. The summed E-state index contributed by atoms with van der Waals surface area (Å²) in [7, 11) is 0. The second-order valence-electron chi connectivity index (χ2n) is 3.83. The van der Waals surface area contributed by atoms with Gasteiger partial charge in [0.1, 0.15) is 0 Å². The summed E-state index contributed by atoms with van der Waals surface area (Å²) in [5.41, 5.74) is 1.47. The van der Waals surface area contributed by atoms with Crippen molar-refractivity contribution < 1.29 is 0 Å². The summed E-state index contributed by atoms with van der Waals surface area (Å²) < 4.78 is 0. The average Bonchev–Trinajstić information content (AvgIpc) is 1.88. The molecule has 0 atom stereocenters. The molecule has 4 radical (unpaired) electrons. The molecule has 14 heavy (non-hydrogen) atoms. The van der Waals surface area contributed by atoms with E-state index in [9.17, 15) is 0 Å². The van der Waals surface area contributed by atoms with E-state index in [2.05, 4.69) is 20.4 Å². The molecule has 0 nitrogen and oxygen atoms in total. The van der Waals surface area contributed by atoms with Crippen molar-refractivity contribution in [3.05, 3.63) is 12.2 Å². The van der Waals surface area contributed by atoms with Gasteiger partial charge in [-0.25, -0.2) is 0 Å². The van der Waals surface area contributed by atoms with Crippen molar-refractivity contribution in [3.63, 3.8) is 0 Å². The Labute approximate surface area is 110 Å². The second kappa shape index (κ2) is 11.6. The van der Waals surface area contributed by atoms with Crippen LogP contribution >= 0.6 is 0 Å². The summed E-state index contributed by atoms with van der Waals surface area (Å²) in [6.07, 6.45) is 5.33. The monoisotopic (exact) mass is 306 g/mol. The third-order valence-corrected chi connectivity index (χ3v) is 2.68. The molecule has 0 amide bonds. The van der Waals surface area contributed by atoms with Gasteiger partial charge < -0.3 is 0 Å². The Morgan fingerprint density at radius 3 is 1.71 bits per heavy atom. The Kier molecular flexibility index (Phi) is 19.9. The fourth-order valence-electron chi connectivity index (χ4n) is 1.72. The van der Waals surface area contributed by atoms with Gasteiger partial charge in [0, 0.05) is 23.9 Å². The van der Waals surface area contributed by atoms with Gasteiger partial charge in [-0.1, -0.05) is 48.3 Å². The summed E-state index contributed by atoms with van der Waals surface area (Å²) in [5, 5.41) is 0. The topological polar surface area (TPSA) is 0 Å². The molecule has 0 aromatic heterocycles. The van der Waals surface area contributed by atoms with Crippen LogP contribution in [0.25, 0.3) is 0 Å². The van der Waals surface area contributed by atoms with Crippen molar-refractivity contribution in [3.8, 4) is 0 Å².